The second-order valence-corrected chi connectivity index (χ2v) is 9.12. The first-order chi connectivity index (χ1) is 19.8. The lowest BCUT2D eigenvalue weighted by Crippen LogP contribution is -2.27. The van der Waals surface area contributed by atoms with Gasteiger partial charge in [0.05, 0.1) is 24.4 Å². The predicted molar refractivity (Wildman–Crippen MR) is 137 cm³/mol. The molecule has 2 N–H and O–H groups in total. The lowest BCUT2D eigenvalue weighted by atomic mass is 9.98. The van der Waals surface area contributed by atoms with Gasteiger partial charge in [-0.2, -0.15) is 5.10 Å². The molecular formula is C28H23F6N3O5. The van der Waals surface area contributed by atoms with Crippen LogP contribution >= 0.6 is 0 Å². The molecule has 4 rings (SSSR count). The summed E-state index contributed by atoms with van der Waals surface area (Å²) in [6, 6.07) is 11.8. The van der Waals surface area contributed by atoms with Crippen molar-refractivity contribution >= 4 is 11.9 Å². The van der Waals surface area contributed by atoms with Crippen molar-refractivity contribution in [3.05, 3.63) is 77.9 Å². The molecule has 0 saturated heterocycles. The topological polar surface area (TPSA) is 103 Å². The Hall–Kier alpha value is -4.75. The largest absolute Gasteiger partial charge is 0.573 e. The van der Waals surface area contributed by atoms with Crippen molar-refractivity contribution in [3.8, 4) is 34.0 Å². The number of alkyl halides is 6. The monoisotopic (exact) mass is 595 g/mol. The maximum atomic E-state index is 12.6. The molecule has 222 valence electrons. The molecule has 0 unspecified atom stereocenters. The Morgan fingerprint density at radius 1 is 0.905 bits per heavy atom. The van der Waals surface area contributed by atoms with Gasteiger partial charge in [-0.1, -0.05) is 6.08 Å². The van der Waals surface area contributed by atoms with Gasteiger partial charge in [-0.3, -0.25) is 14.3 Å². The van der Waals surface area contributed by atoms with Crippen LogP contribution in [0.5, 0.6) is 11.5 Å². The zero-order valence-corrected chi connectivity index (χ0v) is 21.6. The van der Waals surface area contributed by atoms with E-state index < -0.39 is 36.1 Å². The van der Waals surface area contributed by atoms with Crippen LogP contribution in [0.25, 0.3) is 22.5 Å². The van der Waals surface area contributed by atoms with Gasteiger partial charge in [0.25, 0.3) is 5.91 Å². The molecule has 2 aromatic carbocycles. The summed E-state index contributed by atoms with van der Waals surface area (Å²) in [7, 11) is 0. The summed E-state index contributed by atoms with van der Waals surface area (Å²) in [6.45, 7) is 0.146. The minimum Gasteiger partial charge on any atom is -0.481 e. The number of hydrogen-bond acceptors (Lipinski definition) is 5. The minimum atomic E-state index is -4.86. The van der Waals surface area contributed by atoms with Crippen molar-refractivity contribution in [1.29, 1.82) is 0 Å². The summed E-state index contributed by atoms with van der Waals surface area (Å²) in [5.74, 6) is -2.32. The fourth-order valence-corrected chi connectivity index (χ4v) is 4.19. The molecule has 0 saturated carbocycles. The molecule has 0 aliphatic heterocycles. The van der Waals surface area contributed by atoms with E-state index in [-0.39, 0.29) is 19.5 Å². The Balaban J connectivity index is 1.63. The molecule has 1 amide bonds. The van der Waals surface area contributed by atoms with Crippen LogP contribution in [0.2, 0.25) is 0 Å². The number of aliphatic carboxylic acids is 1. The first-order valence-electron chi connectivity index (χ1n) is 12.5. The normalized spacial score (nSPS) is 13.7. The first-order valence-corrected chi connectivity index (χ1v) is 12.5. The van der Waals surface area contributed by atoms with E-state index in [0.717, 1.165) is 29.8 Å². The average Bonchev–Trinajstić information content (AvgIpc) is 3.31. The van der Waals surface area contributed by atoms with Crippen LogP contribution in [-0.2, 0) is 16.1 Å². The van der Waals surface area contributed by atoms with Gasteiger partial charge in [-0.05, 0) is 79.1 Å². The summed E-state index contributed by atoms with van der Waals surface area (Å²) in [5, 5.41) is 15.9. The van der Waals surface area contributed by atoms with E-state index in [1.54, 1.807) is 22.9 Å². The van der Waals surface area contributed by atoms with Gasteiger partial charge in [0.2, 0.25) is 0 Å². The van der Waals surface area contributed by atoms with Crippen LogP contribution in [0.4, 0.5) is 26.3 Å². The molecule has 0 spiro atoms. The van der Waals surface area contributed by atoms with E-state index in [0.29, 0.717) is 40.9 Å². The van der Waals surface area contributed by atoms with Crippen LogP contribution in [-0.4, -0.2) is 46.0 Å². The number of amides is 1. The number of carbonyl (C=O) groups is 2. The van der Waals surface area contributed by atoms with Crippen LogP contribution in [0.15, 0.2) is 77.9 Å². The second kappa shape index (κ2) is 12.4. The molecule has 1 heterocycles. The van der Waals surface area contributed by atoms with E-state index in [4.69, 9.17) is 5.11 Å². The van der Waals surface area contributed by atoms with E-state index in [2.05, 4.69) is 19.9 Å². The third-order valence-corrected chi connectivity index (χ3v) is 5.98. The number of benzene rings is 2. The predicted octanol–water partition coefficient (Wildman–Crippen LogP) is 6.25. The van der Waals surface area contributed by atoms with Gasteiger partial charge < -0.3 is 19.9 Å². The van der Waals surface area contributed by atoms with E-state index in [1.165, 1.54) is 24.3 Å². The molecule has 0 radical (unpaired) electrons. The van der Waals surface area contributed by atoms with Crippen LogP contribution in [0.3, 0.4) is 0 Å². The Kier molecular flexibility index (Phi) is 8.93. The molecule has 8 nitrogen and oxygen atoms in total. The number of aromatic nitrogens is 2. The van der Waals surface area contributed by atoms with Crippen molar-refractivity contribution in [2.24, 2.45) is 0 Å². The molecule has 3 aromatic rings. The maximum Gasteiger partial charge on any atom is 0.573 e. The fourth-order valence-electron chi connectivity index (χ4n) is 4.19. The van der Waals surface area contributed by atoms with Crippen molar-refractivity contribution in [2.75, 3.05) is 6.54 Å². The summed E-state index contributed by atoms with van der Waals surface area (Å²) in [5.41, 5.74) is 2.95. The van der Waals surface area contributed by atoms with E-state index >= 15 is 0 Å². The molecule has 0 bridgehead atoms. The van der Waals surface area contributed by atoms with Gasteiger partial charge in [0.15, 0.2) is 0 Å². The summed E-state index contributed by atoms with van der Waals surface area (Å²) < 4.78 is 84.9. The molecule has 14 heteroatoms. The number of rotatable bonds is 10. The van der Waals surface area contributed by atoms with Gasteiger partial charge in [0.1, 0.15) is 11.5 Å². The molecule has 1 aliphatic carbocycles. The second-order valence-electron chi connectivity index (χ2n) is 9.12. The number of ether oxygens (including phenoxy) is 2. The molecular weight excluding hydrogens is 572 g/mol. The highest BCUT2D eigenvalue weighted by Crippen LogP contribution is 2.32. The first kappa shape index (κ1) is 30.2. The highest BCUT2D eigenvalue weighted by molar-refractivity contribution is 5.96. The van der Waals surface area contributed by atoms with Crippen LogP contribution in [0, 0.1) is 0 Å². The lowest BCUT2D eigenvalue weighted by molar-refractivity contribution is -0.275. The van der Waals surface area contributed by atoms with Crippen molar-refractivity contribution in [3.63, 3.8) is 0 Å². The van der Waals surface area contributed by atoms with Gasteiger partial charge in [-0.25, -0.2) is 0 Å². The number of halogens is 6. The Labute approximate surface area is 234 Å². The number of carbonyl (C=O) groups excluding carboxylic acids is 1. The number of allylic oxidation sites excluding steroid dienone is 2. The van der Waals surface area contributed by atoms with E-state index in [9.17, 15) is 35.9 Å². The number of carboxylic acids is 1. The number of hydrogen-bond donors (Lipinski definition) is 2. The van der Waals surface area contributed by atoms with E-state index in [1.807, 2.05) is 0 Å². The molecule has 1 aromatic heterocycles. The Morgan fingerprint density at radius 2 is 1.48 bits per heavy atom. The maximum absolute atomic E-state index is 12.6. The quantitative estimate of drug-likeness (QED) is 0.269. The highest BCUT2D eigenvalue weighted by Gasteiger charge is 2.32. The summed E-state index contributed by atoms with van der Waals surface area (Å²) in [4.78, 5) is 23.2. The molecule has 42 heavy (non-hydrogen) atoms. The van der Waals surface area contributed by atoms with Gasteiger partial charge >= 0.3 is 18.7 Å². The standard InChI is InChI=1S/C28H23F6N3O5/c29-27(30,31)41-21-8-4-18(5-9-21)23-15-24(19-6-10-22(11-7-19)42-28(32,33)34)37(36-23)16-17-2-1-3-20(14-17)26(40)35-13-12-25(38)39/h3-11,14-15H,1-2,12-13,16H2,(H,35,40)(H,38,39). The minimum absolute atomic E-state index is 0.0395. The average molecular weight is 595 g/mol. The zero-order valence-electron chi connectivity index (χ0n) is 21.6. The fraction of sp³-hybridized carbons (Fsp3) is 0.250. The number of carboxylic acid groups (broad SMARTS) is 1. The van der Waals surface area contributed by atoms with Crippen LogP contribution < -0.4 is 14.8 Å². The zero-order chi connectivity index (χ0) is 30.5. The molecule has 0 fully saturated rings. The third-order valence-electron chi connectivity index (χ3n) is 5.98. The van der Waals surface area contributed by atoms with Crippen molar-refractivity contribution in [1.82, 2.24) is 15.1 Å². The molecule has 0 atom stereocenters. The van der Waals surface area contributed by atoms with Crippen molar-refractivity contribution in [2.45, 2.75) is 38.5 Å². The SMILES string of the molecule is O=C(O)CCNC(=O)C1=CCCC(Cn2nc(-c3ccc(OC(F)(F)F)cc3)cc2-c2ccc(OC(F)(F)F)cc2)=C1. The lowest BCUT2D eigenvalue weighted by Gasteiger charge is -2.16. The molecule has 1 aliphatic rings. The smallest absolute Gasteiger partial charge is 0.481 e. The number of nitrogens with zero attached hydrogens (tertiary/aromatic N) is 2. The van der Waals surface area contributed by atoms with Gasteiger partial charge in [0, 0.05) is 23.2 Å². The highest BCUT2D eigenvalue weighted by atomic mass is 19.4. The summed E-state index contributed by atoms with van der Waals surface area (Å²) in [6.07, 6.45) is -5.47. The Morgan fingerprint density at radius 3 is 2.02 bits per heavy atom. The summed E-state index contributed by atoms with van der Waals surface area (Å²) >= 11 is 0. The Bertz CT molecular complexity index is 1490. The third kappa shape index (κ3) is 8.62. The van der Waals surface area contributed by atoms with Gasteiger partial charge in [-0.15, -0.1) is 26.3 Å². The van der Waals surface area contributed by atoms with Crippen LogP contribution in [0.1, 0.15) is 19.3 Å². The van der Waals surface area contributed by atoms with Crippen molar-refractivity contribution < 1.29 is 50.5 Å². The number of nitrogens with one attached hydrogen (secondary N) is 1.